The molecule has 0 amide bonds. The molecule has 0 spiro atoms. The van der Waals surface area contributed by atoms with E-state index in [2.05, 4.69) is 0 Å². The predicted molar refractivity (Wildman–Crippen MR) is 59.0 cm³/mol. The number of benzene rings is 1. The highest BCUT2D eigenvalue weighted by Gasteiger charge is 2.17. The lowest BCUT2D eigenvalue weighted by Gasteiger charge is -2.10. The molecule has 0 bridgehead atoms. The fraction of sp³-hybridized carbons (Fsp3) is 0.300. The second-order valence-electron chi connectivity index (χ2n) is 3.40. The Hall–Kier alpha value is -2.15. The van der Waals surface area contributed by atoms with Crippen molar-refractivity contribution >= 4 is 11.7 Å². The number of non-ortho nitro benzene ring substituents is 1. The molecule has 3 N–H and O–H groups in total. The third kappa shape index (κ3) is 3.15. The number of nitro groups is 1. The van der Waals surface area contributed by atoms with Gasteiger partial charge in [0.2, 0.25) is 0 Å². The van der Waals surface area contributed by atoms with E-state index in [4.69, 9.17) is 15.6 Å². The second kappa shape index (κ2) is 5.26. The van der Waals surface area contributed by atoms with Gasteiger partial charge in [0.1, 0.15) is 11.8 Å². The summed E-state index contributed by atoms with van der Waals surface area (Å²) in [6, 6.07) is 2.90. The molecule has 0 aliphatic carbocycles. The summed E-state index contributed by atoms with van der Waals surface area (Å²) in [5.41, 5.74) is 5.79. The van der Waals surface area contributed by atoms with Crippen molar-refractivity contribution in [3.8, 4) is 5.75 Å². The van der Waals surface area contributed by atoms with Crippen LogP contribution in [-0.2, 0) is 11.2 Å². The third-order valence-corrected chi connectivity index (χ3v) is 2.24. The SMILES string of the molecule is COc1cc([N+](=O)[O-])ccc1CC(N)C(=O)O. The van der Waals surface area contributed by atoms with Gasteiger partial charge in [-0.1, -0.05) is 0 Å². The molecule has 1 aromatic rings. The van der Waals surface area contributed by atoms with Crippen LogP contribution in [0.25, 0.3) is 0 Å². The number of methoxy groups -OCH3 is 1. The molecule has 0 fully saturated rings. The summed E-state index contributed by atoms with van der Waals surface area (Å²) >= 11 is 0. The average Bonchev–Trinajstić information content (AvgIpc) is 2.28. The summed E-state index contributed by atoms with van der Waals surface area (Å²) in [7, 11) is 1.36. The molecule has 1 atom stereocenters. The summed E-state index contributed by atoms with van der Waals surface area (Å²) in [6.07, 6.45) is 0.0521. The van der Waals surface area contributed by atoms with Crippen molar-refractivity contribution in [1.82, 2.24) is 0 Å². The van der Waals surface area contributed by atoms with Gasteiger partial charge in [0, 0.05) is 12.5 Å². The first-order valence-electron chi connectivity index (χ1n) is 4.75. The van der Waals surface area contributed by atoms with E-state index >= 15 is 0 Å². The maximum atomic E-state index is 10.6. The summed E-state index contributed by atoms with van der Waals surface area (Å²) in [5, 5.41) is 19.2. The van der Waals surface area contributed by atoms with E-state index < -0.39 is 16.9 Å². The maximum absolute atomic E-state index is 10.6. The van der Waals surface area contributed by atoms with Crippen molar-refractivity contribution in [3.63, 3.8) is 0 Å². The smallest absolute Gasteiger partial charge is 0.320 e. The molecule has 0 aromatic heterocycles. The minimum atomic E-state index is -1.13. The molecular weight excluding hydrogens is 228 g/mol. The topological polar surface area (TPSA) is 116 Å². The van der Waals surface area contributed by atoms with Crippen LogP contribution < -0.4 is 10.5 Å². The molecule has 1 aromatic carbocycles. The number of carboxylic acid groups (broad SMARTS) is 1. The minimum absolute atomic E-state index is 0.0521. The first-order chi connectivity index (χ1) is 7.95. The van der Waals surface area contributed by atoms with Crippen LogP contribution >= 0.6 is 0 Å². The van der Waals surface area contributed by atoms with Crippen molar-refractivity contribution in [3.05, 3.63) is 33.9 Å². The zero-order valence-electron chi connectivity index (χ0n) is 9.12. The number of nitro benzene ring substituents is 1. The van der Waals surface area contributed by atoms with Gasteiger partial charge >= 0.3 is 5.97 Å². The Bertz CT molecular complexity index is 446. The number of nitrogens with zero attached hydrogens (tertiary/aromatic N) is 1. The lowest BCUT2D eigenvalue weighted by molar-refractivity contribution is -0.384. The van der Waals surface area contributed by atoms with Crippen LogP contribution in [0, 0.1) is 10.1 Å². The highest BCUT2D eigenvalue weighted by molar-refractivity contribution is 5.73. The number of ether oxygens (including phenoxy) is 1. The van der Waals surface area contributed by atoms with Gasteiger partial charge < -0.3 is 15.6 Å². The Morgan fingerprint density at radius 2 is 2.29 bits per heavy atom. The van der Waals surface area contributed by atoms with Crippen LogP contribution in [0.2, 0.25) is 0 Å². The van der Waals surface area contributed by atoms with Crippen LogP contribution in [0.5, 0.6) is 5.75 Å². The maximum Gasteiger partial charge on any atom is 0.320 e. The van der Waals surface area contributed by atoms with Crippen molar-refractivity contribution < 1.29 is 19.6 Å². The molecular formula is C10H12N2O5. The monoisotopic (exact) mass is 240 g/mol. The highest BCUT2D eigenvalue weighted by Crippen LogP contribution is 2.25. The number of nitrogens with two attached hydrogens (primary N) is 1. The zero-order chi connectivity index (χ0) is 13.0. The Morgan fingerprint density at radius 1 is 1.65 bits per heavy atom. The number of aliphatic carboxylic acids is 1. The van der Waals surface area contributed by atoms with Gasteiger partial charge in [0.25, 0.3) is 5.69 Å². The fourth-order valence-corrected chi connectivity index (χ4v) is 1.34. The van der Waals surface area contributed by atoms with E-state index in [9.17, 15) is 14.9 Å². The quantitative estimate of drug-likeness (QED) is 0.573. The standard InChI is InChI=1S/C10H12N2O5/c1-17-9-5-7(12(15)16)3-2-6(9)4-8(11)10(13)14/h2-3,5,8H,4,11H2,1H3,(H,13,14). The molecule has 0 aliphatic heterocycles. The van der Waals surface area contributed by atoms with Gasteiger partial charge in [-0.25, -0.2) is 0 Å². The van der Waals surface area contributed by atoms with Crippen molar-refractivity contribution in [2.24, 2.45) is 5.73 Å². The Morgan fingerprint density at radius 3 is 2.76 bits per heavy atom. The summed E-state index contributed by atoms with van der Waals surface area (Å²) in [4.78, 5) is 20.6. The Labute approximate surface area is 97.0 Å². The van der Waals surface area contributed by atoms with Crippen LogP contribution in [0.4, 0.5) is 5.69 Å². The van der Waals surface area contributed by atoms with Crippen LogP contribution in [0.3, 0.4) is 0 Å². The van der Waals surface area contributed by atoms with E-state index in [0.717, 1.165) is 0 Å². The highest BCUT2D eigenvalue weighted by atomic mass is 16.6. The van der Waals surface area contributed by atoms with Gasteiger partial charge in [-0.3, -0.25) is 14.9 Å². The average molecular weight is 240 g/mol. The number of rotatable bonds is 5. The molecule has 92 valence electrons. The lowest BCUT2D eigenvalue weighted by atomic mass is 10.1. The van der Waals surface area contributed by atoms with E-state index in [1.165, 1.54) is 25.3 Å². The number of hydrogen-bond acceptors (Lipinski definition) is 5. The molecule has 17 heavy (non-hydrogen) atoms. The molecule has 0 aliphatic rings. The van der Waals surface area contributed by atoms with Crippen molar-refractivity contribution in [2.45, 2.75) is 12.5 Å². The molecule has 0 heterocycles. The zero-order valence-corrected chi connectivity index (χ0v) is 9.12. The minimum Gasteiger partial charge on any atom is -0.496 e. The Kier molecular flexibility index (Phi) is 4.00. The largest absolute Gasteiger partial charge is 0.496 e. The molecule has 7 nitrogen and oxygen atoms in total. The fourth-order valence-electron chi connectivity index (χ4n) is 1.34. The molecule has 0 saturated heterocycles. The van der Waals surface area contributed by atoms with Gasteiger partial charge in [0.15, 0.2) is 0 Å². The summed E-state index contributed by atoms with van der Waals surface area (Å²) < 4.78 is 4.96. The van der Waals surface area contributed by atoms with E-state index in [0.29, 0.717) is 5.56 Å². The molecule has 1 unspecified atom stereocenters. The van der Waals surface area contributed by atoms with Crippen LogP contribution in [-0.4, -0.2) is 29.2 Å². The number of hydrogen-bond donors (Lipinski definition) is 2. The van der Waals surface area contributed by atoms with Crippen LogP contribution in [0.1, 0.15) is 5.56 Å². The van der Waals surface area contributed by atoms with Gasteiger partial charge in [-0.15, -0.1) is 0 Å². The van der Waals surface area contributed by atoms with Gasteiger partial charge in [-0.05, 0) is 11.6 Å². The predicted octanol–water partition coefficient (Wildman–Crippen LogP) is 0.558. The normalized spacial score (nSPS) is 11.9. The van der Waals surface area contributed by atoms with E-state index in [-0.39, 0.29) is 17.9 Å². The summed E-state index contributed by atoms with van der Waals surface area (Å²) in [6.45, 7) is 0. The second-order valence-corrected chi connectivity index (χ2v) is 3.40. The molecule has 0 saturated carbocycles. The summed E-state index contributed by atoms with van der Waals surface area (Å²) in [5.74, 6) is -0.874. The van der Waals surface area contributed by atoms with Crippen LogP contribution in [0.15, 0.2) is 18.2 Å². The molecule has 0 radical (unpaired) electrons. The van der Waals surface area contributed by atoms with Crippen molar-refractivity contribution in [1.29, 1.82) is 0 Å². The first-order valence-corrected chi connectivity index (χ1v) is 4.75. The van der Waals surface area contributed by atoms with E-state index in [1.54, 1.807) is 0 Å². The van der Waals surface area contributed by atoms with Gasteiger partial charge in [0.05, 0.1) is 18.1 Å². The first kappa shape index (κ1) is 12.9. The lowest BCUT2D eigenvalue weighted by Crippen LogP contribution is -2.32. The molecule has 7 heteroatoms. The number of carbonyl (C=O) groups is 1. The Balaban J connectivity index is 3.00. The van der Waals surface area contributed by atoms with Crippen molar-refractivity contribution in [2.75, 3.05) is 7.11 Å². The molecule has 1 rings (SSSR count). The third-order valence-electron chi connectivity index (χ3n) is 2.24. The van der Waals surface area contributed by atoms with E-state index in [1.807, 2.05) is 0 Å². The van der Waals surface area contributed by atoms with Gasteiger partial charge in [-0.2, -0.15) is 0 Å². The number of carboxylic acids is 1.